The van der Waals surface area contributed by atoms with E-state index in [1.165, 1.54) is 0 Å². The van der Waals surface area contributed by atoms with Gasteiger partial charge < -0.3 is 18.9 Å². The van der Waals surface area contributed by atoms with Crippen molar-refractivity contribution in [1.82, 2.24) is 0 Å². The number of hydrogen-bond donors (Lipinski definition) is 0. The van der Waals surface area contributed by atoms with Crippen molar-refractivity contribution in [1.29, 1.82) is 0 Å². The molecule has 0 radical (unpaired) electrons. The summed E-state index contributed by atoms with van der Waals surface area (Å²) in [5.74, 6) is 0. The molecule has 48 heavy (non-hydrogen) atoms. The van der Waals surface area contributed by atoms with Crippen molar-refractivity contribution < 1.29 is 18.9 Å². The number of rotatable bonds is 8. The van der Waals surface area contributed by atoms with E-state index in [0.29, 0.717) is 33.9 Å². The lowest BCUT2D eigenvalue weighted by atomic mass is 9.83. The minimum Gasteiger partial charge on any atom is -0.376 e. The van der Waals surface area contributed by atoms with E-state index in [4.69, 9.17) is 18.9 Å². The van der Waals surface area contributed by atoms with Crippen LogP contribution in [-0.2, 0) is 18.9 Å². The van der Waals surface area contributed by atoms with Gasteiger partial charge in [0.25, 0.3) is 0 Å². The molecule has 4 heteroatoms. The molecule has 296 valence electrons. The first-order chi connectivity index (χ1) is 20.3. The maximum absolute atomic E-state index is 6.00. The second kappa shape index (κ2) is 20.8. The van der Waals surface area contributed by atoms with Crippen LogP contribution in [0.3, 0.4) is 0 Å². The second-order valence-corrected chi connectivity index (χ2v) is 23.6. The van der Waals surface area contributed by atoms with Gasteiger partial charge in [-0.05, 0) is 158 Å². The van der Waals surface area contributed by atoms with Crippen LogP contribution in [-0.4, -0.2) is 46.8 Å². The summed E-state index contributed by atoms with van der Waals surface area (Å²) in [5, 5.41) is 0. The van der Waals surface area contributed by atoms with Gasteiger partial charge in [0.15, 0.2) is 0 Å². The van der Waals surface area contributed by atoms with Crippen LogP contribution >= 0.6 is 0 Å². The molecule has 4 nitrogen and oxygen atoms in total. The molecular formula is C44H96O4. The zero-order chi connectivity index (χ0) is 40.0. The molecule has 0 saturated carbocycles. The average molecular weight is 689 g/mol. The molecule has 0 aromatic heterocycles. The minimum atomic E-state index is -0.0469. The van der Waals surface area contributed by atoms with Crippen molar-refractivity contribution in [2.45, 2.75) is 260 Å². The fraction of sp³-hybridized carbons (Fsp3) is 1.00. The molecule has 1 unspecified atom stereocenters. The van der Waals surface area contributed by atoms with Crippen LogP contribution in [0.1, 0.15) is 220 Å². The molecule has 0 aliphatic rings. The fourth-order valence-electron chi connectivity index (χ4n) is 5.82. The molecule has 0 bridgehead atoms. The topological polar surface area (TPSA) is 36.9 Å². The predicted molar refractivity (Wildman–Crippen MR) is 218 cm³/mol. The zero-order valence-electron chi connectivity index (χ0n) is 38.8. The molecule has 0 aliphatic carbocycles. The van der Waals surface area contributed by atoms with Gasteiger partial charge in [0.1, 0.15) is 0 Å². The van der Waals surface area contributed by atoms with Crippen LogP contribution in [0.2, 0.25) is 0 Å². The molecule has 0 heterocycles. The van der Waals surface area contributed by atoms with Gasteiger partial charge in [-0.2, -0.15) is 0 Å². The van der Waals surface area contributed by atoms with Gasteiger partial charge in [-0.25, -0.2) is 0 Å². The molecule has 0 fully saturated rings. The summed E-state index contributed by atoms with van der Waals surface area (Å²) in [7, 11) is 0. The van der Waals surface area contributed by atoms with E-state index < -0.39 is 0 Å². The van der Waals surface area contributed by atoms with E-state index in [0.717, 1.165) is 32.3 Å². The maximum Gasteiger partial charge on any atom is 0.0638 e. The third-order valence-corrected chi connectivity index (χ3v) is 5.83. The molecule has 0 aromatic rings. The summed E-state index contributed by atoms with van der Waals surface area (Å²) in [6.45, 7) is 61.7. The van der Waals surface area contributed by atoms with E-state index in [1.807, 2.05) is 0 Å². The Morgan fingerprint density at radius 1 is 0.375 bits per heavy atom. The molecule has 0 aliphatic heterocycles. The van der Waals surface area contributed by atoms with Gasteiger partial charge >= 0.3 is 0 Å². The summed E-state index contributed by atoms with van der Waals surface area (Å²) in [6, 6.07) is 0. The Morgan fingerprint density at radius 2 is 0.688 bits per heavy atom. The smallest absolute Gasteiger partial charge is 0.0638 e. The van der Waals surface area contributed by atoms with Gasteiger partial charge in [0, 0.05) is 6.61 Å². The third-order valence-electron chi connectivity index (χ3n) is 5.83. The summed E-state index contributed by atoms with van der Waals surface area (Å²) < 4.78 is 23.2. The van der Waals surface area contributed by atoms with Gasteiger partial charge in [-0.1, -0.05) is 83.1 Å². The largest absolute Gasteiger partial charge is 0.376 e. The second-order valence-electron chi connectivity index (χ2n) is 23.6. The molecule has 2 atom stereocenters. The molecule has 0 amide bonds. The Bertz CT molecular complexity index is 685. The van der Waals surface area contributed by atoms with Crippen molar-refractivity contribution in [3.8, 4) is 0 Å². The van der Waals surface area contributed by atoms with Gasteiger partial charge in [0.05, 0.1) is 40.2 Å². The monoisotopic (exact) mass is 689 g/mol. The standard InChI is InChI=1S/C12H26O.2C11H24O.C10H22O/c1-10(2,3)9-12(7,8)13-11(4,5)6;2*1-9(8-10(2,3)4)12-11(5,6)7;1-9(2,3)7-8-11-10(4,5)6/h9H2,1-8H3;2*9H,8H2,1-7H3;7-8H2,1-6H3/t;9-;;/m.1../s1. The SMILES string of the molecule is CC(C)(C)CC(C)(C)OC(C)(C)C.CC(C)(C)CCOC(C)(C)C.CC(CC(C)(C)C)OC(C)(C)C.C[C@H](CC(C)(C)C)OC(C)(C)C. The van der Waals surface area contributed by atoms with Crippen LogP contribution < -0.4 is 0 Å². The Hall–Kier alpha value is -0.160. The van der Waals surface area contributed by atoms with Crippen LogP contribution in [0.25, 0.3) is 0 Å². The molecular weight excluding hydrogens is 592 g/mol. The Labute approximate surface area is 306 Å². The molecule has 0 N–H and O–H groups in total. The van der Waals surface area contributed by atoms with Crippen LogP contribution in [0.4, 0.5) is 0 Å². The maximum atomic E-state index is 6.00. The molecule has 0 aromatic carbocycles. The number of hydrogen-bond acceptors (Lipinski definition) is 4. The van der Waals surface area contributed by atoms with Gasteiger partial charge in [-0.15, -0.1) is 0 Å². The normalized spacial score (nSPS) is 15.2. The first-order valence-electron chi connectivity index (χ1n) is 19.0. The van der Waals surface area contributed by atoms with Gasteiger partial charge in [-0.3, -0.25) is 0 Å². The Kier molecular flexibility index (Phi) is 23.6. The van der Waals surface area contributed by atoms with Crippen LogP contribution in [0.5, 0.6) is 0 Å². The molecule has 0 saturated heterocycles. The summed E-state index contributed by atoms with van der Waals surface area (Å²) in [4.78, 5) is 0. The highest BCUT2D eigenvalue weighted by molar-refractivity contribution is 4.80. The van der Waals surface area contributed by atoms with E-state index in [2.05, 4.69) is 194 Å². The summed E-state index contributed by atoms with van der Waals surface area (Å²) >= 11 is 0. The highest BCUT2D eigenvalue weighted by atomic mass is 16.5. The lowest BCUT2D eigenvalue weighted by molar-refractivity contribution is -0.127. The molecule has 0 spiro atoms. The van der Waals surface area contributed by atoms with Crippen molar-refractivity contribution in [3.63, 3.8) is 0 Å². The third kappa shape index (κ3) is 58.1. The Balaban J connectivity index is -0.000000269. The highest BCUT2D eigenvalue weighted by Crippen LogP contribution is 2.32. The van der Waals surface area contributed by atoms with E-state index >= 15 is 0 Å². The van der Waals surface area contributed by atoms with Crippen molar-refractivity contribution in [2.75, 3.05) is 6.61 Å². The molecule has 0 rings (SSSR count). The lowest BCUT2D eigenvalue weighted by Crippen LogP contribution is -2.37. The quantitative estimate of drug-likeness (QED) is 0.254. The number of ether oxygens (including phenoxy) is 4. The predicted octanol–water partition coefficient (Wildman–Crippen LogP) is 14.5. The average Bonchev–Trinajstić information content (AvgIpc) is 2.56. The lowest BCUT2D eigenvalue weighted by Gasteiger charge is -2.38. The van der Waals surface area contributed by atoms with Gasteiger partial charge in [0.2, 0.25) is 0 Å². The van der Waals surface area contributed by atoms with Crippen molar-refractivity contribution in [2.24, 2.45) is 21.7 Å². The highest BCUT2D eigenvalue weighted by Gasteiger charge is 2.30. The Morgan fingerprint density at radius 3 is 0.875 bits per heavy atom. The minimum absolute atomic E-state index is 0.00926. The van der Waals surface area contributed by atoms with Crippen LogP contribution in [0, 0.1) is 21.7 Å². The van der Waals surface area contributed by atoms with Crippen molar-refractivity contribution in [3.05, 3.63) is 0 Å². The fourth-order valence-corrected chi connectivity index (χ4v) is 5.82. The van der Waals surface area contributed by atoms with Crippen LogP contribution in [0.15, 0.2) is 0 Å². The first kappa shape index (κ1) is 54.6. The van der Waals surface area contributed by atoms with E-state index in [1.54, 1.807) is 0 Å². The zero-order valence-corrected chi connectivity index (χ0v) is 38.8. The summed E-state index contributed by atoms with van der Waals surface area (Å²) in [5.41, 5.74) is 1.38. The van der Waals surface area contributed by atoms with Crippen molar-refractivity contribution >= 4 is 0 Å². The van der Waals surface area contributed by atoms with E-state index in [9.17, 15) is 0 Å². The first-order valence-corrected chi connectivity index (χ1v) is 19.0. The van der Waals surface area contributed by atoms with E-state index in [-0.39, 0.29) is 28.0 Å². The summed E-state index contributed by atoms with van der Waals surface area (Å²) in [6.07, 6.45) is 5.14.